The first-order valence-corrected chi connectivity index (χ1v) is 4.24. The first kappa shape index (κ1) is 11.0. The van der Waals surface area contributed by atoms with Crippen LogP contribution in [-0.4, -0.2) is 29.1 Å². The molecule has 0 atom stereocenters. The summed E-state index contributed by atoms with van der Waals surface area (Å²) in [5.74, 6) is -0.601. The van der Waals surface area contributed by atoms with Crippen LogP contribution in [0.5, 0.6) is 5.75 Å². The van der Waals surface area contributed by atoms with E-state index in [2.05, 4.69) is 5.16 Å². The molecule has 0 saturated heterocycles. The van der Waals surface area contributed by atoms with Crippen molar-refractivity contribution in [2.45, 2.75) is 6.42 Å². The van der Waals surface area contributed by atoms with Crippen LogP contribution >= 0.6 is 0 Å². The third-order valence-corrected chi connectivity index (χ3v) is 1.87. The molecule has 5 nitrogen and oxygen atoms in total. The molecule has 0 heterocycles. The number of hydrogen-bond acceptors (Lipinski definition) is 4. The Morgan fingerprint density at radius 2 is 2.27 bits per heavy atom. The smallest absolute Gasteiger partial charge is 0.354 e. The van der Waals surface area contributed by atoms with E-state index in [0.717, 1.165) is 0 Å². The summed E-state index contributed by atoms with van der Waals surface area (Å²) in [5.41, 5.74) is 0.410. The highest BCUT2D eigenvalue weighted by atomic mass is 16.5. The third-order valence-electron chi connectivity index (χ3n) is 1.87. The molecule has 80 valence electrons. The van der Waals surface area contributed by atoms with Crippen molar-refractivity contribution in [3.05, 3.63) is 29.8 Å². The van der Waals surface area contributed by atoms with Crippen LogP contribution in [0.3, 0.4) is 0 Å². The van der Waals surface area contributed by atoms with E-state index in [-0.39, 0.29) is 12.1 Å². The second-order valence-corrected chi connectivity index (χ2v) is 2.88. The van der Waals surface area contributed by atoms with E-state index < -0.39 is 5.97 Å². The lowest BCUT2D eigenvalue weighted by atomic mass is 10.1. The van der Waals surface area contributed by atoms with Gasteiger partial charge in [-0.05, 0) is 17.7 Å². The topological polar surface area (TPSA) is 79.1 Å². The predicted molar refractivity (Wildman–Crippen MR) is 53.6 cm³/mol. The molecule has 1 aromatic rings. The first-order chi connectivity index (χ1) is 7.17. The molecule has 5 heteroatoms. The fourth-order valence-corrected chi connectivity index (χ4v) is 1.13. The van der Waals surface area contributed by atoms with Crippen molar-refractivity contribution in [2.24, 2.45) is 5.16 Å². The quantitative estimate of drug-likeness (QED) is 0.443. The van der Waals surface area contributed by atoms with Crippen LogP contribution in [0.1, 0.15) is 5.56 Å². The number of carboxylic acids is 1. The maximum atomic E-state index is 10.6. The zero-order valence-corrected chi connectivity index (χ0v) is 8.17. The number of carboxylic acid groups (broad SMARTS) is 1. The summed E-state index contributed by atoms with van der Waals surface area (Å²) in [7, 11) is 1.53. The molecule has 0 amide bonds. The van der Waals surface area contributed by atoms with Gasteiger partial charge >= 0.3 is 5.97 Å². The Bertz CT molecular complexity index is 387. The van der Waals surface area contributed by atoms with Crippen LogP contribution in [0.15, 0.2) is 29.4 Å². The van der Waals surface area contributed by atoms with Gasteiger partial charge in [0.25, 0.3) is 0 Å². The standard InChI is InChI=1S/C10H11NO4/c1-15-8-4-2-3-7(5-8)6-9(11-14)10(12)13/h2-5,14H,6H2,1H3,(H,12,13)/b11-9-. The Balaban J connectivity index is 2.84. The highest BCUT2D eigenvalue weighted by Gasteiger charge is 2.11. The molecule has 0 aliphatic carbocycles. The van der Waals surface area contributed by atoms with E-state index in [9.17, 15) is 4.79 Å². The zero-order chi connectivity index (χ0) is 11.3. The number of aliphatic carboxylic acids is 1. The van der Waals surface area contributed by atoms with Crippen molar-refractivity contribution < 1.29 is 19.8 Å². The van der Waals surface area contributed by atoms with E-state index >= 15 is 0 Å². The number of nitrogens with zero attached hydrogens (tertiary/aromatic N) is 1. The summed E-state index contributed by atoms with van der Waals surface area (Å²) >= 11 is 0. The van der Waals surface area contributed by atoms with Crippen molar-refractivity contribution >= 4 is 11.7 Å². The first-order valence-electron chi connectivity index (χ1n) is 4.24. The Labute approximate surface area is 86.6 Å². The summed E-state index contributed by atoms with van der Waals surface area (Å²) in [4.78, 5) is 10.6. The molecular formula is C10H11NO4. The molecule has 0 aliphatic heterocycles. The van der Waals surface area contributed by atoms with Crippen molar-refractivity contribution in [1.29, 1.82) is 0 Å². The normalized spacial score (nSPS) is 11.1. The molecule has 1 rings (SSSR count). The highest BCUT2D eigenvalue weighted by Crippen LogP contribution is 2.13. The third kappa shape index (κ3) is 2.98. The fourth-order valence-electron chi connectivity index (χ4n) is 1.13. The predicted octanol–water partition coefficient (Wildman–Crippen LogP) is 1.15. The van der Waals surface area contributed by atoms with Crippen molar-refractivity contribution in [1.82, 2.24) is 0 Å². The van der Waals surface area contributed by atoms with Gasteiger partial charge in [0, 0.05) is 6.42 Å². The number of benzene rings is 1. The number of oxime groups is 1. The molecule has 0 spiro atoms. The molecule has 0 radical (unpaired) electrons. The second-order valence-electron chi connectivity index (χ2n) is 2.88. The molecule has 2 N–H and O–H groups in total. The van der Waals surface area contributed by atoms with E-state index in [1.807, 2.05) is 0 Å². The van der Waals surface area contributed by atoms with Gasteiger partial charge in [-0.3, -0.25) is 0 Å². The molecule has 1 aromatic carbocycles. The minimum absolute atomic E-state index is 0.0586. The molecule has 0 bridgehead atoms. The number of methoxy groups -OCH3 is 1. The van der Waals surface area contributed by atoms with Gasteiger partial charge in [-0.1, -0.05) is 17.3 Å². The van der Waals surface area contributed by atoms with Crippen molar-refractivity contribution in [2.75, 3.05) is 7.11 Å². The van der Waals surface area contributed by atoms with Gasteiger partial charge in [0.05, 0.1) is 7.11 Å². The number of rotatable bonds is 4. The molecule has 0 saturated carbocycles. The molecule has 0 aliphatic rings. The summed E-state index contributed by atoms with van der Waals surface area (Å²) in [6.45, 7) is 0. The second kappa shape index (κ2) is 4.99. The van der Waals surface area contributed by atoms with Gasteiger partial charge < -0.3 is 15.1 Å². The maximum absolute atomic E-state index is 10.6. The SMILES string of the molecule is COc1cccc(C/C(=N/O)C(=O)O)c1. The monoisotopic (exact) mass is 209 g/mol. The van der Waals surface area contributed by atoms with Gasteiger partial charge in [-0.25, -0.2) is 4.79 Å². The van der Waals surface area contributed by atoms with E-state index in [1.165, 1.54) is 7.11 Å². The fraction of sp³-hybridized carbons (Fsp3) is 0.200. The van der Waals surface area contributed by atoms with Crippen LogP contribution < -0.4 is 4.74 Å². The summed E-state index contributed by atoms with van der Waals surface area (Å²) in [6, 6.07) is 6.91. The van der Waals surface area contributed by atoms with E-state index in [0.29, 0.717) is 11.3 Å². The summed E-state index contributed by atoms with van der Waals surface area (Å²) < 4.78 is 4.98. The largest absolute Gasteiger partial charge is 0.497 e. The minimum Gasteiger partial charge on any atom is -0.497 e. The Kier molecular flexibility index (Phi) is 3.68. The average Bonchev–Trinajstić information content (AvgIpc) is 2.25. The molecule has 0 aromatic heterocycles. The molecule has 15 heavy (non-hydrogen) atoms. The Morgan fingerprint density at radius 3 is 2.80 bits per heavy atom. The summed E-state index contributed by atoms with van der Waals surface area (Å²) in [5, 5.41) is 19.8. The zero-order valence-electron chi connectivity index (χ0n) is 8.17. The number of hydrogen-bond donors (Lipinski definition) is 2. The molecule has 0 fully saturated rings. The van der Waals surface area contributed by atoms with E-state index in [1.54, 1.807) is 24.3 Å². The molecule has 0 unspecified atom stereocenters. The van der Waals surface area contributed by atoms with Gasteiger partial charge in [-0.2, -0.15) is 0 Å². The van der Waals surface area contributed by atoms with Gasteiger partial charge in [0.2, 0.25) is 0 Å². The van der Waals surface area contributed by atoms with Crippen LogP contribution in [0.2, 0.25) is 0 Å². The minimum atomic E-state index is -1.24. The van der Waals surface area contributed by atoms with Crippen LogP contribution in [0, 0.1) is 0 Å². The van der Waals surface area contributed by atoms with Crippen LogP contribution in [-0.2, 0) is 11.2 Å². The van der Waals surface area contributed by atoms with Crippen molar-refractivity contribution in [3.8, 4) is 5.75 Å². The van der Waals surface area contributed by atoms with E-state index in [4.69, 9.17) is 15.1 Å². The van der Waals surface area contributed by atoms with Gasteiger partial charge in [0.1, 0.15) is 5.75 Å². The van der Waals surface area contributed by atoms with Crippen molar-refractivity contribution in [3.63, 3.8) is 0 Å². The molecular weight excluding hydrogens is 198 g/mol. The lowest BCUT2D eigenvalue weighted by Crippen LogP contribution is -2.15. The van der Waals surface area contributed by atoms with Gasteiger partial charge in [-0.15, -0.1) is 0 Å². The Morgan fingerprint density at radius 1 is 1.53 bits per heavy atom. The number of ether oxygens (including phenoxy) is 1. The lowest BCUT2D eigenvalue weighted by molar-refractivity contribution is -0.129. The highest BCUT2D eigenvalue weighted by molar-refractivity contribution is 6.35. The average molecular weight is 209 g/mol. The van der Waals surface area contributed by atoms with Crippen LogP contribution in [0.25, 0.3) is 0 Å². The van der Waals surface area contributed by atoms with Gasteiger partial charge in [0.15, 0.2) is 5.71 Å². The summed E-state index contributed by atoms with van der Waals surface area (Å²) in [6.07, 6.45) is 0.0586. The van der Waals surface area contributed by atoms with Crippen LogP contribution in [0.4, 0.5) is 0 Å². The lowest BCUT2D eigenvalue weighted by Gasteiger charge is -2.03. The Hall–Kier alpha value is -2.04. The maximum Gasteiger partial charge on any atom is 0.354 e. The number of carbonyl (C=O) groups is 1.